The second kappa shape index (κ2) is 8.47. The molecule has 2 heterocycles. The third-order valence-corrected chi connectivity index (χ3v) is 6.93. The van der Waals surface area contributed by atoms with Crippen molar-refractivity contribution >= 4 is 6.09 Å². The van der Waals surface area contributed by atoms with Gasteiger partial charge in [0.25, 0.3) is 6.10 Å². The maximum atomic E-state index is 13.6. The Balaban J connectivity index is 1.50. The Morgan fingerprint density at radius 1 is 1.21 bits per heavy atom. The molecule has 12 heteroatoms. The molecule has 1 aromatic heterocycles. The van der Waals surface area contributed by atoms with Gasteiger partial charge in [0.1, 0.15) is 12.4 Å². The highest BCUT2D eigenvalue weighted by Gasteiger charge is 2.60. The first-order valence-corrected chi connectivity index (χ1v) is 10.7. The number of rotatable bonds is 5. The van der Waals surface area contributed by atoms with Gasteiger partial charge in [0.2, 0.25) is 0 Å². The molecule has 2 unspecified atom stereocenters. The van der Waals surface area contributed by atoms with Crippen LogP contribution in [0.4, 0.5) is 31.1 Å². The molecule has 4 rings (SSSR count). The molecule has 1 aliphatic carbocycles. The van der Waals surface area contributed by atoms with E-state index in [2.05, 4.69) is 9.84 Å². The number of alkyl halides is 5. The van der Waals surface area contributed by atoms with Crippen molar-refractivity contribution in [2.24, 2.45) is 11.3 Å². The van der Waals surface area contributed by atoms with Gasteiger partial charge in [-0.1, -0.05) is 6.92 Å². The summed E-state index contributed by atoms with van der Waals surface area (Å²) in [7, 11) is 0. The summed E-state index contributed by atoms with van der Waals surface area (Å²) in [6.45, 7) is -0.133. The molecule has 34 heavy (non-hydrogen) atoms. The average molecular weight is 491 g/mol. The highest BCUT2D eigenvalue weighted by atomic mass is 19.4. The number of hydrogen-bond acceptors (Lipinski definition) is 4. The Bertz CT molecular complexity index is 1040. The minimum atomic E-state index is -5.54. The summed E-state index contributed by atoms with van der Waals surface area (Å²) in [4.78, 5) is 13.5. The Kier molecular flexibility index (Phi) is 6.07. The van der Waals surface area contributed by atoms with E-state index in [0.717, 1.165) is 11.3 Å². The summed E-state index contributed by atoms with van der Waals surface area (Å²) < 4.78 is 85.4. The maximum absolute atomic E-state index is 13.6. The molecule has 1 amide bonds. The fraction of sp³-hybridized carbons (Fsp3) is 0.545. The SMILES string of the molecule is C[C@]12CN(C(=O)OC(C(F)(F)F)C(F)(F)CO)CC1CC[C@@H]2c1ccn(-c2ccc(F)cc2)n1. The molecule has 4 atom stereocenters. The van der Waals surface area contributed by atoms with Crippen molar-refractivity contribution in [2.45, 2.75) is 43.9 Å². The van der Waals surface area contributed by atoms with Crippen LogP contribution in [0.25, 0.3) is 5.69 Å². The zero-order valence-electron chi connectivity index (χ0n) is 18.1. The molecule has 1 N–H and O–H groups in total. The number of aliphatic hydroxyl groups is 1. The molecule has 0 bridgehead atoms. The van der Waals surface area contributed by atoms with Crippen LogP contribution >= 0.6 is 0 Å². The quantitative estimate of drug-likeness (QED) is 0.625. The standard InChI is InChI=1S/C22H23F6N3O3/c1-20-11-30(19(33)34-18(22(26,27)28)21(24,25)12-32)10-13(20)2-7-16(20)17-8-9-31(29-17)15-5-3-14(23)4-6-15/h3-6,8-9,13,16,18,32H,2,7,10-12H2,1H3/t13?,16-,18?,20+/m1/s1. The zero-order chi connectivity index (χ0) is 24.9. The van der Waals surface area contributed by atoms with E-state index in [0.29, 0.717) is 17.8 Å². The van der Waals surface area contributed by atoms with Crippen LogP contribution in [0.5, 0.6) is 0 Å². The van der Waals surface area contributed by atoms with E-state index in [4.69, 9.17) is 5.11 Å². The Labute approximate surface area is 191 Å². The molecule has 1 saturated carbocycles. The predicted molar refractivity (Wildman–Crippen MR) is 107 cm³/mol. The van der Waals surface area contributed by atoms with E-state index in [-0.39, 0.29) is 30.7 Å². The third kappa shape index (κ3) is 4.35. The van der Waals surface area contributed by atoms with Gasteiger partial charge in [-0.25, -0.2) is 13.9 Å². The van der Waals surface area contributed by atoms with Crippen LogP contribution in [0.15, 0.2) is 36.5 Å². The van der Waals surface area contributed by atoms with Crippen molar-refractivity contribution in [1.82, 2.24) is 14.7 Å². The summed E-state index contributed by atoms with van der Waals surface area (Å²) in [5, 5.41) is 13.2. The fourth-order valence-corrected chi connectivity index (χ4v) is 5.13. The van der Waals surface area contributed by atoms with Gasteiger partial charge in [-0.2, -0.15) is 27.1 Å². The second-order valence-corrected chi connectivity index (χ2v) is 9.10. The first-order valence-electron chi connectivity index (χ1n) is 10.7. The number of likely N-dealkylation sites (tertiary alicyclic amines) is 1. The lowest BCUT2D eigenvalue weighted by atomic mass is 9.75. The van der Waals surface area contributed by atoms with E-state index in [1.54, 1.807) is 29.1 Å². The number of carbonyl (C=O) groups is 1. The lowest BCUT2D eigenvalue weighted by Gasteiger charge is -2.31. The summed E-state index contributed by atoms with van der Waals surface area (Å²) in [6, 6.07) is 7.54. The van der Waals surface area contributed by atoms with Crippen molar-refractivity contribution in [3.8, 4) is 5.69 Å². The minimum absolute atomic E-state index is 0.0137. The van der Waals surface area contributed by atoms with E-state index >= 15 is 0 Å². The van der Waals surface area contributed by atoms with E-state index in [9.17, 15) is 31.1 Å². The molecule has 1 aliphatic heterocycles. The number of benzene rings is 1. The van der Waals surface area contributed by atoms with Gasteiger partial charge in [0.05, 0.1) is 11.4 Å². The lowest BCUT2D eigenvalue weighted by Crippen LogP contribution is -2.51. The Hall–Kier alpha value is -2.76. The smallest absolute Gasteiger partial charge is 0.430 e. The largest absolute Gasteiger partial charge is 0.431 e. The number of amides is 1. The van der Waals surface area contributed by atoms with Gasteiger partial charge in [-0.3, -0.25) is 0 Å². The molecule has 0 radical (unpaired) electrons. The number of aromatic nitrogens is 2. The molecule has 1 aromatic carbocycles. The number of fused-ring (bicyclic) bond motifs is 1. The third-order valence-electron chi connectivity index (χ3n) is 6.93. The van der Waals surface area contributed by atoms with Crippen LogP contribution < -0.4 is 0 Å². The molecule has 2 aliphatic rings. The Morgan fingerprint density at radius 2 is 1.88 bits per heavy atom. The first-order chi connectivity index (χ1) is 15.8. The number of hydrogen-bond donors (Lipinski definition) is 1. The highest BCUT2D eigenvalue weighted by molar-refractivity contribution is 5.68. The van der Waals surface area contributed by atoms with Gasteiger partial charge in [-0.15, -0.1) is 0 Å². The van der Waals surface area contributed by atoms with Crippen molar-refractivity contribution in [1.29, 1.82) is 0 Å². The van der Waals surface area contributed by atoms with Crippen LogP contribution in [-0.4, -0.2) is 63.8 Å². The van der Waals surface area contributed by atoms with Gasteiger partial charge in [-0.05, 0) is 54.5 Å². The molecular formula is C22H23F6N3O3. The van der Waals surface area contributed by atoms with Crippen LogP contribution in [0, 0.1) is 17.2 Å². The molecular weight excluding hydrogens is 468 g/mol. The molecule has 186 valence electrons. The maximum Gasteiger partial charge on any atom is 0.431 e. The topological polar surface area (TPSA) is 67.6 Å². The Morgan fingerprint density at radius 3 is 2.50 bits per heavy atom. The number of nitrogens with zero attached hydrogens (tertiary/aromatic N) is 3. The van der Waals surface area contributed by atoms with E-state index in [1.165, 1.54) is 12.1 Å². The van der Waals surface area contributed by atoms with Gasteiger partial charge in [0, 0.05) is 25.2 Å². The van der Waals surface area contributed by atoms with E-state index < -0.39 is 36.3 Å². The lowest BCUT2D eigenvalue weighted by molar-refractivity contribution is -0.276. The van der Waals surface area contributed by atoms with Crippen LogP contribution in [0.3, 0.4) is 0 Å². The number of carbonyl (C=O) groups excluding carboxylic acids is 1. The zero-order valence-corrected chi connectivity index (χ0v) is 18.1. The molecule has 6 nitrogen and oxygen atoms in total. The van der Waals surface area contributed by atoms with Crippen molar-refractivity contribution < 1.29 is 41.0 Å². The monoisotopic (exact) mass is 491 g/mol. The van der Waals surface area contributed by atoms with Crippen molar-refractivity contribution in [3.05, 3.63) is 48.0 Å². The predicted octanol–water partition coefficient (Wildman–Crippen LogP) is 4.52. The van der Waals surface area contributed by atoms with E-state index in [1.807, 2.05) is 6.92 Å². The second-order valence-electron chi connectivity index (χ2n) is 9.10. The first kappa shape index (κ1) is 24.4. The van der Waals surface area contributed by atoms with Crippen LogP contribution in [0.1, 0.15) is 31.4 Å². The van der Waals surface area contributed by atoms with Gasteiger partial charge in [0.15, 0.2) is 0 Å². The highest BCUT2D eigenvalue weighted by Crippen LogP contribution is 2.56. The summed E-state index contributed by atoms with van der Waals surface area (Å²) in [5.41, 5.74) is 0.810. The minimum Gasteiger partial charge on any atom is -0.430 e. The summed E-state index contributed by atoms with van der Waals surface area (Å²) in [5.74, 6) is -5.26. The van der Waals surface area contributed by atoms with Crippen molar-refractivity contribution in [3.63, 3.8) is 0 Å². The van der Waals surface area contributed by atoms with Crippen LogP contribution in [-0.2, 0) is 4.74 Å². The average Bonchev–Trinajstić information content (AvgIpc) is 3.44. The van der Waals surface area contributed by atoms with Crippen molar-refractivity contribution in [2.75, 3.05) is 19.7 Å². The number of ether oxygens (including phenoxy) is 1. The molecule has 1 saturated heterocycles. The van der Waals surface area contributed by atoms with Gasteiger partial charge < -0.3 is 14.7 Å². The van der Waals surface area contributed by atoms with Crippen LogP contribution in [0.2, 0.25) is 0 Å². The molecule has 0 spiro atoms. The molecule has 2 aromatic rings. The molecule has 2 fully saturated rings. The fourth-order valence-electron chi connectivity index (χ4n) is 5.13. The summed E-state index contributed by atoms with van der Waals surface area (Å²) in [6.07, 6.45) is -7.67. The number of halogens is 6. The van der Waals surface area contributed by atoms with Gasteiger partial charge >= 0.3 is 18.2 Å². The summed E-state index contributed by atoms with van der Waals surface area (Å²) >= 11 is 0. The number of aliphatic hydroxyl groups excluding tert-OH is 1. The normalized spacial score (nSPS) is 25.9.